The minimum Gasteiger partial charge on any atom is -0.352 e. The van der Waals surface area contributed by atoms with Crippen LogP contribution in [-0.2, 0) is 14.3 Å². The molecule has 0 aromatic rings. The Morgan fingerprint density at radius 1 is 1.78 bits per heavy atom. The van der Waals surface area contributed by atoms with Crippen LogP contribution in [0.2, 0.25) is 0 Å². The molecule has 0 aromatic carbocycles. The number of hydrogen-bond acceptors (Lipinski definition) is 3. The molecule has 2 rings (SSSR count). The molecule has 0 bridgehead atoms. The van der Waals surface area contributed by atoms with Gasteiger partial charge in [-0.3, -0.25) is 4.79 Å². The van der Waals surface area contributed by atoms with E-state index >= 15 is 0 Å². The molecule has 0 spiro atoms. The zero-order valence-corrected chi connectivity index (χ0v) is 4.64. The second-order valence-electron chi connectivity index (χ2n) is 1.90. The third-order valence-corrected chi connectivity index (χ3v) is 1.34. The normalized spacial score (nSPS) is 70.0. The maximum Gasteiger partial charge on any atom is 0.168 e. The predicted octanol–water partition coefficient (Wildman–Crippen LogP) is -0.0517. The molecule has 2 fully saturated rings. The molecule has 3 nitrogen and oxygen atoms in total. The van der Waals surface area contributed by atoms with Gasteiger partial charge < -0.3 is 9.47 Å². The van der Waals surface area contributed by atoms with Gasteiger partial charge in [-0.2, -0.15) is 0 Å². The van der Waals surface area contributed by atoms with Crippen molar-refractivity contribution in [3.63, 3.8) is 0 Å². The Morgan fingerprint density at radius 2 is 2.67 bits per heavy atom. The molecule has 9 heavy (non-hydrogen) atoms. The number of carbonyl (C=O) groups excluding carboxylic acids is 1. The molecule has 0 aliphatic carbocycles. The number of fused-ring (bicyclic) bond motifs is 1. The van der Waals surface area contributed by atoms with Crippen molar-refractivity contribution in [2.45, 2.75) is 12.7 Å². The number of hydrogen-bond donors (Lipinski definition) is 0. The summed E-state index contributed by atoms with van der Waals surface area (Å²) in [5, 5.41) is 0. The van der Waals surface area contributed by atoms with Crippen molar-refractivity contribution in [3.05, 3.63) is 0 Å². The molecule has 0 aromatic heterocycles. The van der Waals surface area contributed by atoms with Crippen molar-refractivity contribution in [1.82, 2.24) is 0 Å². The summed E-state index contributed by atoms with van der Waals surface area (Å²) < 4.78 is 38.6. The minimum atomic E-state index is -2.57. The molecular weight excluding hydrogens is 120 g/mol. The maximum atomic E-state index is 11.3. The summed E-state index contributed by atoms with van der Waals surface area (Å²) >= 11 is 0. The standard InChI is InChI=1S/C6H8O3/c7-5-3-9-6-4(5)1-2-8-6/h4,6H,1-3H2/t4-,6?/m0/s1/i3D2,4D,6D. The van der Waals surface area contributed by atoms with Crippen LogP contribution in [-0.4, -0.2) is 25.2 Å². The SMILES string of the molecule is [2H]C1([2H])OC2([2H])OCC[C@@]2([2H])C1=O. The molecule has 2 saturated heterocycles. The Balaban J connectivity index is 2.47. The molecule has 2 aliphatic heterocycles. The number of ketones is 1. The molecule has 2 atom stereocenters. The van der Waals surface area contributed by atoms with Crippen molar-refractivity contribution in [2.75, 3.05) is 13.2 Å². The van der Waals surface area contributed by atoms with E-state index in [0.29, 0.717) is 0 Å². The third-order valence-electron chi connectivity index (χ3n) is 1.34. The van der Waals surface area contributed by atoms with Gasteiger partial charge in [-0.1, -0.05) is 0 Å². The van der Waals surface area contributed by atoms with Gasteiger partial charge in [-0.05, 0) is 6.42 Å². The second kappa shape index (κ2) is 1.78. The highest BCUT2D eigenvalue weighted by atomic mass is 16.7. The van der Waals surface area contributed by atoms with Crippen molar-refractivity contribution < 1.29 is 19.8 Å². The van der Waals surface area contributed by atoms with Crippen molar-refractivity contribution in [3.8, 4) is 0 Å². The maximum absolute atomic E-state index is 11.3. The first-order chi connectivity index (χ1) is 5.82. The van der Waals surface area contributed by atoms with E-state index in [1.807, 2.05) is 0 Å². The topological polar surface area (TPSA) is 35.5 Å². The first-order valence-corrected chi connectivity index (χ1v) is 2.71. The van der Waals surface area contributed by atoms with Gasteiger partial charge in [0.1, 0.15) is 6.56 Å². The van der Waals surface area contributed by atoms with Crippen LogP contribution < -0.4 is 0 Å². The lowest BCUT2D eigenvalue weighted by Crippen LogP contribution is -2.13. The van der Waals surface area contributed by atoms with Gasteiger partial charge in [-0.15, -0.1) is 0 Å². The van der Waals surface area contributed by atoms with Crippen molar-refractivity contribution in [1.29, 1.82) is 0 Å². The van der Waals surface area contributed by atoms with Gasteiger partial charge in [0.05, 0.1) is 16.6 Å². The van der Waals surface area contributed by atoms with Crippen molar-refractivity contribution in [2.24, 2.45) is 5.89 Å². The highest BCUT2D eigenvalue weighted by Gasteiger charge is 2.40. The summed E-state index contributed by atoms with van der Waals surface area (Å²) in [5.41, 5.74) is 0. The average molecular weight is 132 g/mol. The largest absolute Gasteiger partial charge is 0.352 e. The van der Waals surface area contributed by atoms with Crippen LogP contribution in [0.1, 0.15) is 11.9 Å². The number of ether oxygens (including phenoxy) is 2. The van der Waals surface area contributed by atoms with E-state index < -0.39 is 24.5 Å². The highest BCUT2D eigenvalue weighted by Crippen LogP contribution is 2.27. The number of carbonyl (C=O) groups is 1. The smallest absolute Gasteiger partial charge is 0.168 e. The van der Waals surface area contributed by atoms with E-state index in [0.717, 1.165) is 0 Å². The monoisotopic (exact) mass is 132 g/mol. The summed E-state index contributed by atoms with van der Waals surface area (Å²) in [6.45, 7) is -2.49. The summed E-state index contributed by atoms with van der Waals surface area (Å²) in [4.78, 5) is 11.3. The first kappa shape index (κ1) is 2.68. The molecule has 0 radical (unpaired) electrons. The molecule has 2 aliphatic rings. The predicted molar refractivity (Wildman–Crippen MR) is 28.8 cm³/mol. The molecule has 0 N–H and O–H groups in total. The molecular formula is C6H8O3. The van der Waals surface area contributed by atoms with Crippen LogP contribution >= 0.6 is 0 Å². The fraction of sp³-hybridized carbons (Fsp3) is 0.833. The summed E-state index contributed by atoms with van der Waals surface area (Å²) in [6, 6.07) is 0. The van der Waals surface area contributed by atoms with Crippen molar-refractivity contribution >= 4 is 5.78 Å². The zero-order chi connectivity index (χ0) is 9.91. The average Bonchev–Trinajstić information content (AvgIpc) is 2.31. The first-order valence-electron chi connectivity index (χ1n) is 4.71. The van der Waals surface area contributed by atoms with Gasteiger partial charge >= 0.3 is 0 Å². The van der Waals surface area contributed by atoms with E-state index in [4.69, 9.17) is 10.2 Å². The summed E-state index contributed by atoms with van der Waals surface area (Å²) in [7, 11) is 0. The van der Waals surface area contributed by atoms with E-state index in [9.17, 15) is 4.79 Å². The Bertz CT molecular complexity index is 281. The molecule has 3 heteroatoms. The van der Waals surface area contributed by atoms with Gasteiger partial charge in [0, 0.05) is 1.37 Å². The Hall–Kier alpha value is -0.410. The van der Waals surface area contributed by atoms with E-state index in [-0.39, 0.29) is 13.0 Å². The second-order valence-corrected chi connectivity index (χ2v) is 1.90. The van der Waals surface area contributed by atoms with Crippen LogP contribution in [0.25, 0.3) is 0 Å². The third kappa shape index (κ3) is 0.686. The van der Waals surface area contributed by atoms with Crippen LogP contribution in [0.4, 0.5) is 0 Å². The highest BCUT2D eigenvalue weighted by molar-refractivity contribution is 5.84. The van der Waals surface area contributed by atoms with Crippen LogP contribution in [0.3, 0.4) is 0 Å². The number of rotatable bonds is 0. The number of Topliss-reactive ketones (excluding diaryl/α,β-unsaturated/α-hetero) is 1. The Morgan fingerprint density at radius 3 is 3.44 bits per heavy atom. The zero-order valence-electron chi connectivity index (χ0n) is 8.64. The molecule has 0 saturated carbocycles. The molecule has 0 amide bonds. The van der Waals surface area contributed by atoms with Crippen LogP contribution in [0.15, 0.2) is 0 Å². The van der Waals surface area contributed by atoms with Crippen LogP contribution in [0, 0.1) is 5.89 Å². The van der Waals surface area contributed by atoms with E-state index in [1.54, 1.807) is 0 Å². The van der Waals surface area contributed by atoms with Gasteiger partial charge in [0.15, 0.2) is 12.0 Å². The van der Waals surface area contributed by atoms with Gasteiger partial charge in [-0.25, -0.2) is 0 Å². The Labute approximate surface area is 58.6 Å². The lowest BCUT2D eigenvalue weighted by Gasteiger charge is -2.02. The fourth-order valence-electron chi connectivity index (χ4n) is 0.887. The van der Waals surface area contributed by atoms with Gasteiger partial charge in [0.2, 0.25) is 0 Å². The molecule has 50 valence electrons. The quantitative estimate of drug-likeness (QED) is 0.463. The Kier molecular flexibility index (Phi) is 0.531. The minimum absolute atomic E-state index is 0.00877. The molecule has 1 unspecified atom stereocenters. The fourth-order valence-corrected chi connectivity index (χ4v) is 0.887. The van der Waals surface area contributed by atoms with Gasteiger partial charge in [0.25, 0.3) is 0 Å². The summed E-state index contributed by atoms with van der Waals surface area (Å²) in [6.07, 6.45) is -2.15. The van der Waals surface area contributed by atoms with Crippen LogP contribution in [0.5, 0.6) is 0 Å². The lowest BCUT2D eigenvalue weighted by molar-refractivity contribution is -0.120. The van der Waals surface area contributed by atoms with E-state index in [2.05, 4.69) is 4.74 Å². The lowest BCUT2D eigenvalue weighted by atomic mass is 10.1. The molecule has 2 heterocycles. The van der Waals surface area contributed by atoms with E-state index in [1.165, 1.54) is 0 Å². The summed E-state index contributed by atoms with van der Waals surface area (Å²) in [5.74, 6) is -2.93.